The van der Waals surface area contributed by atoms with Gasteiger partial charge in [0.25, 0.3) is 0 Å². The van der Waals surface area contributed by atoms with Crippen LogP contribution in [-0.4, -0.2) is 61.0 Å². The molecule has 0 radical (unpaired) electrons. The van der Waals surface area contributed by atoms with E-state index in [1.165, 1.54) is 7.11 Å². The normalized spacial score (nSPS) is 27.3. The van der Waals surface area contributed by atoms with Gasteiger partial charge >= 0.3 is 6.18 Å². The fraction of sp³-hybridized carbons (Fsp3) is 0.739. The van der Waals surface area contributed by atoms with E-state index in [0.29, 0.717) is 43.1 Å². The van der Waals surface area contributed by atoms with Gasteiger partial charge in [0.05, 0.1) is 24.5 Å². The molecule has 0 spiro atoms. The Morgan fingerprint density at radius 2 is 2.06 bits per heavy atom. The van der Waals surface area contributed by atoms with Crippen LogP contribution in [0.4, 0.5) is 13.2 Å². The molecule has 3 atom stereocenters. The lowest BCUT2D eigenvalue weighted by Crippen LogP contribution is -2.54. The van der Waals surface area contributed by atoms with E-state index in [1.54, 1.807) is 11.8 Å². The smallest absolute Gasteiger partial charge is 0.392 e. The molecule has 2 aliphatic heterocycles. The number of amides is 1. The highest BCUT2D eigenvalue weighted by Crippen LogP contribution is 2.44. The number of hydrogen-bond acceptors (Lipinski definition) is 5. The predicted octanol–water partition coefficient (Wildman–Crippen LogP) is 1.62. The van der Waals surface area contributed by atoms with Crippen LogP contribution in [0.5, 0.6) is 0 Å². The highest BCUT2D eigenvalue weighted by molar-refractivity contribution is 5.84. The Bertz CT molecular complexity index is 873. The lowest BCUT2D eigenvalue weighted by Gasteiger charge is -2.38. The molecule has 33 heavy (non-hydrogen) atoms. The van der Waals surface area contributed by atoms with Crippen LogP contribution in [0.2, 0.25) is 0 Å². The highest BCUT2D eigenvalue weighted by atomic mass is 19.4. The molecule has 1 unspecified atom stereocenters. The summed E-state index contributed by atoms with van der Waals surface area (Å²) in [6.07, 6.45) is -0.342. The predicted molar refractivity (Wildman–Crippen MR) is 112 cm³/mol. The molecule has 2 N–H and O–H groups in total. The first kappa shape index (κ1) is 24.2. The highest BCUT2D eigenvalue weighted by Gasteiger charge is 2.51. The molecular weight excluding hydrogens is 439 g/mol. The fourth-order valence-corrected chi connectivity index (χ4v) is 5.56. The zero-order valence-electron chi connectivity index (χ0n) is 19.2. The van der Waals surface area contributed by atoms with Crippen LogP contribution in [0.15, 0.2) is 12.3 Å². The van der Waals surface area contributed by atoms with Crippen molar-refractivity contribution >= 4 is 5.91 Å². The van der Waals surface area contributed by atoms with E-state index < -0.39 is 23.3 Å². The standard InChI is InChI=1S/C23H33F3N3O4/c1-15(30)22(7-3-19(12-22)27-18-5-9-33-10-6-18)21(31)28-8-4-20-16(13-28)11-17(23(24,25)26)14-29(20)32-2/h11,14-15,18-19,27,30H,3-10,12-13H2,1-2H3/q+1/t15?,19-,22+/m1/s1. The van der Waals surface area contributed by atoms with Crippen LogP contribution < -0.4 is 14.9 Å². The van der Waals surface area contributed by atoms with Gasteiger partial charge in [0.2, 0.25) is 17.8 Å². The first-order chi connectivity index (χ1) is 15.6. The summed E-state index contributed by atoms with van der Waals surface area (Å²) >= 11 is 0. The minimum atomic E-state index is -4.52. The third kappa shape index (κ3) is 4.83. The van der Waals surface area contributed by atoms with Crippen molar-refractivity contribution in [3.8, 4) is 0 Å². The summed E-state index contributed by atoms with van der Waals surface area (Å²) in [7, 11) is 1.32. The molecule has 7 nitrogen and oxygen atoms in total. The molecule has 3 aliphatic rings. The van der Waals surface area contributed by atoms with Gasteiger partial charge in [-0.15, -0.1) is 0 Å². The number of ether oxygens (including phenoxy) is 1. The quantitative estimate of drug-likeness (QED) is 0.638. The summed E-state index contributed by atoms with van der Waals surface area (Å²) in [4.78, 5) is 20.5. The number of hydrogen-bond donors (Lipinski definition) is 2. The molecule has 1 saturated heterocycles. The summed E-state index contributed by atoms with van der Waals surface area (Å²) in [5.74, 6) is -0.180. The first-order valence-electron chi connectivity index (χ1n) is 11.6. The number of carbonyl (C=O) groups excluding carboxylic acids is 1. The lowest BCUT2D eigenvalue weighted by atomic mass is 9.78. The molecule has 184 valence electrons. The Balaban J connectivity index is 1.52. The number of aromatic nitrogens is 1. The van der Waals surface area contributed by atoms with E-state index >= 15 is 0 Å². The van der Waals surface area contributed by atoms with Gasteiger partial charge in [0.1, 0.15) is 12.7 Å². The number of alkyl halides is 3. The fourth-order valence-electron chi connectivity index (χ4n) is 5.56. The SMILES string of the molecule is CO[n+]1cc(C(F)(F)F)cc2c1CCN(C(=O)[C@@]1(C(C)O)CC[C@@H](NC3CCOCC3)C1)C2. The number of nitrogens with zero attached hydrogens (tertiary/aromatic N) is 2. The average Bonchev–Trinajstić information content (AvgIpc) is 3.22. The lowest BCUT2D eigenvalue weighted by molar-refractivity contribution is -0.891. The Morgan fingerprint density at radius 1 is 1.33 bits per heavy atom. The van der Waals surface area contributed by atoms with Crippen molar-refractivity contribution in [1.82, 2.24) is 10.2 Å². The second-order valence-electron chi connectivity index (χ2n) is 9.51. The number of pyridine rings is 1. The molecule has 1 aromatic heterocycles. The summed E-state index contributed by atoms with van der Waals surface area (Å²) in [5, 5.41) is 14.3. The summed E-state index contributed by atoms with van der Waals surface area (Å²) in [6, 6.07) is 1.57. The molecule has 0 aromatic carbocycles. The van der Waals surface area contributed by atoms with E-state index in [0.717, 1.165) is 49.5 Å². The van der Waals surface area contributed by atoms with Crippen LogP contribution in [0.3, 0.4) is 0 Å². The molecule has 1 aromatic rings. The molecule has 1 amide bonds. The van der Waals surface area contributed by atoms with Crippen molar-refractivity contribution in [3.05, 3.63) is 29.1 Å². The molecule has 10 heteroatoms. The Kier molecular flexibility index (Phi) is 6.89. The zero-order chi connectivity index (χ0) is 23.8. The molecule has 2 fully saturated rings. The minimum absolute atomic E-state index is 0.0635. The molecule has 0 bridgehead atoms. The Hall–Kier alpha value is -1.91. The Morgan fingerprint density at radius 3 is 2.70 bits per heavy atom. The van der Waals surface area contributed by atoms with Crippen LogP contribution >= 0.6 is 0 Å². The van der Waals surface area contributed by atoms with E-state index in [4.69, 9.17) is 9.57 Å². The second kappa shape index (κ2) is 9.38. The van der Waals surface area contributed by atoms with Crippen molar-refractivity contribution in [2.75, 3.05) is 26.9 Å². The van der Waals surface area contributed by atoms with E-state index in [9.17, 15) is 23.1 Å². The van der Waals surface area contributed by atoms with Gasteiger partial charge in [-0.3, -0.25) is 9.63 Å². The number of aliphatic hydroxyl groups is 1. The number of halogens is 3. The van der Waals surface area contributed by atoms with Crippen LogP contribution in [0, 0.1) is 5.41 Å². The van der Waals surface area contributed by atoms with E-state index in [-0.39, 0.29) is 18.5 Å². The van der Waals surface area contributed by atoms with Crippen LogP contribution in [0.1, 0.15) is 55.8 Å². The van der Waals surface area contributed by atoms with Gasteiger partial charge in [-0.05, 0) is 45.1 Å². The zero-order valence-corrected chi connectivity index (χ0v) is 19.2. The van der Waals surface area contributed by atoms with Crippen molar-refractivity contribution in [2.45, 2.75) is 76.4 Å². The van der Waals surface area contributed by atoms with Crippen molar-refractivity contribution in [3.63, 3.8) is 0 Å². The maximum atomic E-state index is 13.7. The number of carbonyl (C=O) groups is 1. The molecule has 3 heterocycles. The van der Waals surface area contributed by atoms with Gasteiger partial charge in [0, 0.05) is 42.1 Å². The molecule has 4 rings (SSSR count). The largest absolute Gasteiger partial charge is 0.422 e. The average molecular weight is 473 g/mol. The van der Waals surface area contributed by atoms with Gasteiger partial charge in [-0.25, -0.2) is 0 Å². The topological polar surface area (TPSA) is 74.9 Å². The molecule has 1 aliphatic carbocycles. The van der Waals surface area contributed by atoms with E-state index in [1.807, 2.05) is 0 Å². The third-order valence-electron chi connectivity index (χ3n) is 7.48. The number of nitrogens with one attached hydrogen (secondary N) is 1. The van der Waals surface area contributed by atoms with Crippen molar-refractivity contribution < 1.29 is 37.4 Å². The summed E-state index contributed by atoms with van der Waals surface area (Å²) in [5.41, 5.74) is -0.698. The van der Waals surface area contributed by atoms with Crippen LogP contribution in [0.25, 0.3) is 0 Å². The number of aliphatic hydroxyl groups excluding tert-OH is 1. The molecular formula is C23H33F3N3O4+. The van der Waals surface area contributed by atoms with Crippen molar-refractivity contribution in [1.29, 1.82) is 0 Å². The van der Waals surface area contributed by atoms with Gasteiger partial charge in [-0.1, -0.05) is 0 Å². The second-order valence-corrected chi connectivity index (χ2v) is 9.51. The maximum absolute atomic E-state index is 13.7. The van der Waals surface area contributed by atoms with Gasteiger partial charge < -0.3 is 20.1 Å². The maximum Gasteiger partial charge on any atom is 0.422 e. The monoisotopic (exact) mass is 472 g/mol. The molecule has 1 saturated carbocycles. The Labute approximate surface area is 191 Å². The third-order valence-corrected chi connectivity index (χ3v) is 7.48. The van der Waals surface area contributed by atoms with E-state index in [2.05, 4.69) is 5.32 Å². The summed E-state index contributed by atoms with van der Waals surface area (Å²) in [6.45, 7) is 3.52. The van der Waals surface area contributed by atoms with Gasteiger partial charge in [0.15, 0.2) is 0 Å². The van der Waals surface area contributed by atoms with Crippen molar-refractivity contribution in [2.24, 2.45) is 5.41 Å². The first-order valence-corrected chi connectivity index (χ1v) is 11.6. The minimum Gasteiger partial charge on any atom is -0.392 e. The number of rotatable bonds is 5. The summed E-state index contributed by atoms with van der Waals surface area (Å²) < 4.78 is 46.7. The number of fused-ring (bicyclic) bond motifs is 1. The van der Waals surface area contributed by atoms with Gasteiger partial charge in [-0.2, -0.15) is 13.2 Å². The van der Waals surface area contributed by atoms with Crippen LogP contribution in [-0.2, 0) is 28.7 Å².